The topological polar surface area (TPSA) is 61.4 Å². The lowest BCUT2D eigenvalue weighted by atomic mass is 10.1. The van der Waals surface area contributed by atoms with E-state index in [9.17, 15) is 4.79 Å². The van der Waals surface area contributed by atoms with E-state index in [4.69, 9.17) is 5.11 Å². The number of hydrogen-bond donors (Lipinski definition) is 3. The van der Waals surface area contributed by atoms with Gasteiger partial charge in [0.2, 0.25) is 5.91 Å². The fourth-order valence-corrected chi connectivity index (χ4v) is 2.41. The highest BCUT2D eigenvalue weighted by Gasteiger charge is 1.95. The number of hydrogen-bond acceptors (Lipinski definition) is 3. The molecule has 0 saturated heterocycles. The van der Waals surface area contributed by atoms with E-state index in [0.717, 1.165) is 32.4 Å². The van der Waals surface area contributed by atoms with Crippen LogP contribution in [0.1, 0.15) is 77.6 Å². The molecule has 0 aliphatic heterocycles. The standard InChI is InChI=1S/C19H38N2O2/c1-2-3-4-8-11-14-19(23)21-17-16-20-15-12-9-6-5-7-10-13-18-22/h11,14,20,22H,2-10,12-13,15-18H2,1H3,(H,21,23)/b14-11+. The number of allylic oxidation sites excluding steroid dienone is 1. The van der Waals surface area contributed by atoms with Crippen molar-refractivity contribution in [2.45, 2.75) is 77.6 Å². The first kappa shape index (κ1) is 22.1. The molecule has 0 atom stereocenters. The number of aliphatic hydroxyl groups excluding tert-OH is 1. The second-order valence-electron chi connectivity index (χ2n) is 6.14. The van der Waals surface area contributed by atoms with Gasteiger partial charge in [-0.3, -0.25) is 4.79 Å². The molecule has 0 aliphatic carbocycles. The Bertz CT molecular complexity index is 281. The Labute approximate surface area is 143 Å². The van der Waals surface area contributed by atoms with Crippen LogP contribution in [0.25, 0.3) is 0 Å². The number of nitrogens with one attached hydrogen (secondary N) is 2. The summed E-state index contributed by atoms with van der Waals surface area (Å²) in [5, 5.41) is 14.9. The van der Waals surface area contributed by atoms with Gasteiger partial charge in [-0.25, -0.2) is 0 Å². The molecule has 1 amide bonds. The van der Waals surface area contributed by atoms with Gasteiger partial charge in [-0.15, -0.1) is 0 Å². The van der Waals surface area contributed by atoms with E-state index in [1.54, 1.807) is 6.08 Å². The first-order valence-electron chi connectivity index (χ1n) is 9.57. The van der Waals surface area contributed by atoms with E-state index in [2.05, 4.69) is 17.6 Å². The number of rotatable bonds is 17. The molecule has 0 bridgehead atoms. The molecule has 136 valence electrons. The van der Waals surface area contributed by atoms with Crippen LogP contribution in [0.3, 0.4) is 0 Å². The molecule has 0 unspecified atom stereocenters. The molecule has 3 N–H and O–H groups in total. The minimum Gasteiger partial charge on any atom is -0.396 e. The number of carbonyl (C=O) groups is 1. The maximum atomic E-state index is 11.5. The predicted octanol–water partition coefficient (Wildman–Crippen LogP) is 3.55. The highest BCUT2D eigenvalue weighted by Crippen LogP contribution is 2.06. The molecule has 0 fully saturated rings. The van der Waals surface area contributed by atoms with Gasteiger partial charge >= 0.3 is 0 Å². The van der Waals surface area contributed by atoms with Crippen LogP contribution in [-0.4, -0.2) is 37.3 Å². The van der Waals surface area contributed by atoms with Gasteiger partial charge in [-0.2, -0.15) is 0 Å². The molecule has 0 aromatic rings. The quantitative estimate of drug-likeness (QED) is 0.283. The highest BCUT2D eigenvalue weighted by molar-refractivity contribution is 5.87. The minimum atomic E-state index is 0.0196. The Morgan fingerprint density at radius 2 is 1.57 bits per heavy atom. The molecule has 0 aromatic heterocycles. The highest BCUT2D eigenvalue weighted by atomic mass is 16.2. The molecular weight excluding hydrogens is 288 g/mol. The zero-order valence-electron chi connectivity index (χ0n) is 15.1. The van der Waals surface area contributed by atoms with Crippen molar-refractivity contribution in [3.63, 3.8) is 0 Å². The van der Waals surface area contributed by atoms with Crippen molar-refractivity contribution in [1.82, 2.24) is 10.6 Å². The van der Waals surface area contributed by atoms with Gasteiger partial charge in [0, 0.05) is 19.7 Å². The summed E-state index contributed by atoms with van der Waals surface area (Å²) in [5.41, 5.74) is 0. The summed E-state index contributed by atoms with van der Waals surface area (Å²) in [4.78, 5) is 11.5. The van der Waals surface area contributed by atoms with Gasteiger partial charge in [-0.05, 0) is 38.3 Å². The lowest BCUT2D eigenvalue weighted by molar-refractivity contribution is -0.116. The van der Waals surface area contributed by atoms with Gasteiger partial charge in [0.15, 0.2) is 0 Å². The van der Waals surface area contributed by atoms with Crippen LogP contribution in [-0.2, 0) is 4.79 Å². The monoisotopic (exact) mass is 326 g/mol. The molecule has 4 nitrogen and oxygen atoms in total. The molecule has 23 heavy (non-hydrogen) atoms. The van der Waals surface area contributed by atoms with Gasteiger partial charge in [0.1, 0.15) is 0 Å². The predicted molar refractivity (Wildman–Crippen MR) is 98.6 cm³/mol. The van der Waals surface area contributed by atoms with E-state index >= 15 is 0 Å². The molecule has 0 aromatic carbocycles. The molecular formula is C19H38N2O2. The van der Waals surface area contributed by atoms with Crippen molar-refractivity contribution in [1.29, 1.82) is 0 Å². The van der Waals surface area contributed by atoms with Crippen LogP contribution >= 0.6 is 0 Å². The van der Waals surface area contributed by atoms with E-state index in [1.807, 2.05) is 6.08 Å². The van der Waals surface area contributed by atoms with Crippen LogP contribution in [0.4, 0.5) is 0 Å². The third-order valence-electron chi connectivity index (χ3n) is 3.86. The smallest absolute Gasteiger partial charge is 0.243 e. The number of aliphatic hydroxyl groups is 1. The van der Waals surface area contributed by atoms with Gasteiger partial charge in [0.05, 0.1) is 0 Å². The maximum absolute atomic E-state index is 11.5. The first-order chi connectivity index (χ1) is 11.3. The van der Waals surface area contributed by atoms with E-state index < -0.39 is 0 Å². The van der Waals surface area contributed by atoms with Crippen LogP contribution in [0.15, 0.2) is 12.2 Å². The van der Waals surface area contributed by atoms with Crippen molar-refractivity contribution in [3.05, 3.63) is 12.2 Å². The summed E-state index contributed by atoms with van der Waals surface area (Å²) in [6.07, 6.45) is 16.6. The Kier molecular flexibility index (Phi) is 18.5. The second-order valence-corrected chi connectivity index (χ2v) is 6.14. The van der Waals surface area contributed by atoms with E-state index in [0.29, 0.717) is 13.2 Å². The van der Waals surface area contributed by atoms with Crippen LogP contribution in [0, 0.1) is 0 Å². The van der Waals surface area contributed by atoms with E-state index in [1.165, 1.54) is 51.4 Å². The largest absolute Gasteiger partial charge is 0.396 e. The van der Waals surface area contributed by atoms with Crippen molar-refractivity contribution in [2.24, 2.45) is 0 Å². The zero-order valence-corrected chi connectivity index (χ0v) is 15.1. The molecule has 0 radical (unpaired) electrons. The summed E-state index contributed by atoms with van der Waals surface area (Å²) < 4.78 is 0. The molecule has 0 saturated carbocycles. The Morgan fingerprint density at radius 1 is 0.870 bits per heavy atom. The van der Waals surface area contributed by atoms with Crippen molar-refractivity contribution in [3.8, 4) is 0 Å². The molecule has 4 heteroatoms. The van der Waals surface area contributed by atoms with Crippen molar-refractivity contribution >= 4 is 5.91 Å². The summed E-state index contributed by atoms with van der Waals surface area (Å²) >= 11 is 0. The van der Waals surface area contributed by atoms with Gasteiger partial charge in [0.25, 0.3) is 0 Å². The molecule has 0 heterocycles. The minimum absolute atomic E-state index is 0.0196. The molecule has 0 spiro atoms. The second kappa shape index (κ2) is 19.2. The third kappa shape index (κ3) is 19.1. The van der Waals surface area contributed by atoms with Crippen LogP contribution < -0.4 is 10.6 Å². The zero-order chi connectivity index (χ0) is 17.0. The molecule has 0 aliphatic rings. The van der Waals surface area contributed by atoms with Crippen molar-refractivity contribution < 1.29 is 9.90 Å². The normalized spacial score (nSPS) is 11.2. The fourth-order valence-electron chi connectivity index (χ4n) is 2.41. The van der Waals surface area contributed by atoms with E-state index in [-0.39, 0.29) is 5.91 Å². The van der Waals surface area contributed by atoms with Crippen molar-refractivity contribution in [2.75, 3.05) is 26.2 Å². The SMILES string of the molecule is CCCCC/C=C/C(=O)NCCNCCCCCCCCCO. The number of amides is 1. The Morgan fingerprint density at radius 3 is 2.26 bits per heavy atom. The third-order valence-corrected chi connectivity index (χ3v) is 3.86. The van der Waals surface area contributed by atoms with Gasteiger partial charge in [-0.1, -0.05) is 57.9 Å². The van der Waals surface area contributed by atoms with Crippen LogP contribution in [0.2, 0.25) is 0 Å². The fraction of sp³-hybridized carbons (Fsp3) is 0.842. The average molecular weight is 327 g/mol. The summed E-state index contributed by atoms with van der Waals surface area (Å²) in [5.74, 6) is 0.0196. The number of unbranched alkanes of at least 4 members (excludes halogenated alkanes) is 9. The summed E-state index contributed by atoms with van der Waals surface area (Å²) in [6, 6.07) is 0. The lowest BCUT2D eigenvalue weighted by Crippen LogP contribution is -2.31. The lowest BCUT2D eigenvalue weighted by Gasteiger charge is -2.05. The number of carbonyl (C=O) groups excluding carboxylic acids is 1. The molecule has 0 rings (SSSR count). The first-order valence-corrected chi connectivity index (χ1v) is 9.57. The summed E-state index contributed by atoms with van der Waals surface area (Å²) in [7, 11) is 0. The van der Waals surface area contributed by atoms with Crippen LogP contribution in [0.5, 0.6) is 0 Å². The average Bonchev–Trinajstić information content (AvgIpc) is 2.55. The van der Waals surface area contributed by atoms with Gasteiger partial charge < -0.3 is 15.7 Å². The summed E-state index contributed by atoms with van der Waals surface area (Å²) in [6.45, 7) is 5.07. The Hall–Kier alpha value is -0.870. The maximum Gasteiger partial charge on any atom is 0.243 e. The Balaban J connectivity index is 3.18.